The maximum atomic E-state index is 12.1. The molecule has 0 radical (unpaired) electrons. The van der Waals surface area contributed by atoms with Crippen molar-refractivity contribution in [3.05, 3.63) is 21.3 Å². The molecule has 0 saturated carbocycles. The largest absolute Gasteiger partial charge is 0.338 e. The first-order valence-electron chi connectivity index (χ1n) is 5.74. The first-order chi connectivity index (χ1) is 7.95. The van der Waals surface area contributed by atoms with Gasteiger partial charge in [0.2, 0.25) is 5.91 Å². The van der Waals surface area contributed by atoms with Gasteiger partial charge < -0.3 is 10.6 Å². The number of carbonyl (C=O) groups is 1. The van der Waals surface area contributed by atoms with E-state index >= 15 is 0 Å². The van der Waals surface area contributed by atoms with Gasteiger partial charge in [0.25, 0.3) is 0 Å². The highest BCUT2D eigenvalue weighted by Crippen LogP contribution is 2.23. The number of hydrogen-bond donors (Lipinski definition) is 1. The van der Waals surface area contributed by atoms with E-state index in [0.29, 0.717) is 13.1 Å². The number of rotatable bonds is 5. The molecule has 0 aromatic carbocycles. The first-order valence-corrected chi connectivity index (χ1v) is 6.93. The summed E-state index contributed by atoms with van der Waals surface area (Å²) in [5.41, 5.74) is 5.76. The molecule has 18 heavy (non-hydrogen) atoms. The summed E-state index contributed by atoms with van der Waals surface area (Å²) < 4.78 is 0.753. The highest BCUT2D eigenvalue weighted by Gasteiger charge is 2.22. The molecule has 2 atom stereocenters. The van der Waals surface area contributed by atoms with Crippen LogP contribution in [-0.4, -0.2) is 23.4 Å². The SMILES string of the molecule is CCN(Cc1ccc(Cl)s1)C(=O)C(C)C(C)N.Cl. The van der Waals surface area contributed by atoms with Crippen molar-refractivity contribution in [3.8, 4) is 0 Å². The lowest BCUT2D eigenvalue weighted by Gasteiger charge is -2.25. The van der Waals surface area contributed by atoms with Crippen molar-refractivity contribution < 1.29 is 4.79 Å². The zero-order chi connectivity index (χ0) is 13.0. The lowest BCUT2D eigenvalue weighted by Crippen LogP contribution is -2.41. The van der Waals surface area contributed by atoms with Crippen LogP contribution in [-0.2, 0) is 11.3 Å². The number of thiophene rings is 1. The monoisotopic (exact) mass is 310 g/mol. The van der Waals surface area contributed by atoms with Gasteiger partial charge in [-0.1, -0.05) is 18.5 Å². The lowest BCUT2D eigenvalue weighted by atomic mass is 10.0. The van der Waals surface area contributed by atoms with Crippen LogP contribution >= 0.6 is 35.3 Å². The Morgan fingerprint density at radius 3 is 2.50 bits per heavy atom. The van der Waals surface area contributed by atoms with E-state index < -0.39 is 0 Å². The summed E-state index contributed by atoms with van der Waals surface area (Å²) in [7, 11) is 0. The third-order valence-corrected chi connectivity index (χ3v) is 4.06. The Kier molecular flexibility index (Phi) is 7.87. The molecule has 3 nitrogen and oxygen atoms in total. The molecule has 0 aliphatic carbocycles. The molecular weight excluding hydrogens is 291 g/mol. The number of carbonyl (C=O) groups excluding carboxylic acids is 1. The van der Waals surface area contributed by atoms with Crippen molar-refractivity contribution in [2.45, 2.75) is 33.4 Å². The maximum Gasteiger partial charge on any atom is 0.227 e. The summed E-state index contributed by atoms with van der Waals surface area (Å²) in [5.74, 6) is -0.0441. The Balaban J connectivity index is 0.00000289. The van der Waals surface area contributed by atoms with Crippen LogP contribution in [0.5, 0.6) is 0 Å². The van der Waals surface area contributed by atoms with Crippen molar-refractivity contribution in [2.75, 3.05) is 6.54 Å². The Bertz CT molecular complexity index is 382. The third kappa shape index (κ3) is 4.76. The molecule has 1 aromatic rings. The quantitative estimate of drug-likeness (QED) is 0.908. The molecule has 2 N–H and O–H groups in total. The smallest absolute Gasteiger partial charge is 0.227 e. The van der Waals surface area contributed by atoms with Crippen LogP contribution < -0.4 is 5.73 Å². The molecule has 1 heterocycles. The van der Waals surface area contributed by atoms with Gasteiger partial charge in [-0.05, 0) is 26.0 Å². The maximum absolute atomic E-state index is 12.1. The average molecular weight is 311 g/mol. The van der Waals surface area contributed by atoms with Crippen molar-refractivity contribution in [3.63, 3.8) is 0 Å². The number of nitrogens with zero attached hydrogens (tertiary/aromatic N) is 1. The minimum atomic E-state index is -0.148. The highest BCUT2D eigenvalue weighted by molar-refractivity contribution is 7.16. The lowest BCUT2D eigenvalue weighted by molar-refractivity contribution is -0.135. The highest BCUT2D eigenvalue weighted by atomic mass is 35.5. The fourth-order valence-electron chi connectivity index (χ4n) is 1.48. The molecule has 0 fully saturated rings. The van der Waals surface area contributed by atoms with Crippen LogP contribution in [0.2, 0.25) is 4.34 Å². The van der Waals surface area contributed by atoms with Gasteiger partial charge in [0.15, 0.2) is 0 Å². The fraction of sp³-hybridized carbons (Fsp3) is 0.583. The summed E-state index contributed by atoms with van der Waals surface area (Å²) >= 11 is 7.38. The number of halogens is 2. The standard InChI is InChI=1S/C12H19ClN2OS.ClH/c1-4-15(12(16)8(2)9(3)14)7-10-5-6-11(13)17-10;/h5-6,8-9H,4,7,14H2,1-3H3;1H. The second-order valence-corrected chi connectivity index (χ2v) is 6.01. The summed E-state index contributed by atoms with van der Waals surface area (Å²) in [6.45, 7) is 7.01. The Morgan fingerprint density at radius 1 is 1.50 bits per heavy atom. The van der Waals surface area contributed by atoms with E-state index in [1.165, 1.54) is 11.3 Å². The summed E-state index contributed by atoms with van der Waals surface area (Å²) in [4.78, 5) is 15.1. The van der Waals surface area contributed by atoms with Gasteiger partial charge >= 0.3 is 0 Å². The molecule has 0 aliphatic rings. The van der Waals surface area contributed by atoms with Crippen LogP contribution in [0, 0.1) is 5.92 Å². The molecule has 1 aromatic heterocycles. The Morgan fingerprint density at radius 2 is 2.11 bits per heavy atom. The van der Waals surface area contributed by atoms with Crippen molar-refractivity contribution >= 4 is 41.3 Å². The summed E-state index contributed by atoms with van der Waals surface area (Å²) in [5, 5.41) is 0. The second kappa shape index (κ2) is 8.00. The third-order valence-electron chi connectivity index (χ3n) is 2.85. The van der Waals surface area contributed by atoms with Gasteiger partial charge in [-0.3, -0.25) is 4.79 Å². The van der Waals surface area contributed by atoms with E-state index in [1.54, 1.807) is 0 Å². The van der Waals surface area contributed by atoms with Crippen LogP contribution in [0.3, 0.4) is 0 Å². The van der Waals surface area contributed by atoms with Gasteiger partial charge in [0.1, 0.15) is 0 Å². The predicted octanol–water partition coefficient (Wildman–Crippen LogP) is 3.16. The Hall–Kier alpha value is -0.290. The molecule has 0 aliphatic heterocycles. The molecular formula is C12H20Cl2N2OS. The van der Waals surface area contributed by atoms with E-state index in [2.05, 4.69) is 0 Å². The average Bonchev–Trinajstić information content (AvgIpc) is 2.69. The van der Waals surface area contributed by atoms with Crippen LogP contribution in [0.25, 0.3) is 0 Å². The fourth-order valence-corrected chi connectivity index (χ4v) is 2.59. The zero-order valence-corrected chi connectivity index (χ0v) is 13.2. The van der Waals surface area contributed by atoms with Gasteiger partial charge in [0, 0.05) is 17.5 Å². The predicted molar refractivity (Wildman–Crippen MR) is 80.5 cm³/mol. The van der Waals surface area contributed by atoms with Gasteiger partial charge in [-0.15, -0.1) is 23.7 Å². The first kappa shape index (κ1) is 17.7. The molecule has 104 valence electrons. The normalized spacial score (nSPS) is 13.6. The zero-order valence-electron chi connectivity index (χ0n) is 10.9. The van der Waals surface area contributed by atoms with Crippen molar-refractivity contribution in [2.24, 2.45) is 11.7 Å². The Labute approximate surface area is 124 Å². The van der Waals surface area contributed by atoms with E-state index in [-0.39, 0.29) is 30.3 Å². The molecule has 6 heteroatoms. The van der Waals surface area contributed by atoms with E-state index in [0.717, 1.165) is 9.21 Å². The summed E-state index contributed by atoms with van der Waals surface area (Å²) in [6, 6.07) is 3.69. The van der Waals surface area contributed by atoms with E-state index in [4.69, 9.17) is 17.3 Å². The number of hydrogen-bond acceptors (Lipinski definition) is 3. The van der Waals surface area contributed by atoms with Gasteiger partial charge in [-0.2, -0.15) is 0 Å². The van der Waals surface area contributed by atoms with Gasteiger partial charge in [-0.25, -0.2) is 0 Å². The molecule has 1 rings (SSSR count). The molecule has 0 spiro atoms. The molecule has 1 amide bonds. The van der Waals surface area contributed by atoms with Crippen molar-refractivity contribution in [1.82, 2.24) is 4.90 Å². The number of amides is 1. The summed E-state index contributed by atoms with van der Waals surface area (Å²) in [6.07, 6.45) is 0. The minimum absolute atomic E-state index is 0. The van der Waals surface area contributed by atoms with Crippen LogP contribution in [0.1, 0.15) is 25.6 Å². The van der Waals surface area contributed by atoms with Crippen LogP contribution in [0.15, 0.2) is 12.1 Å². The van der Waals surface area contributed by atoms with Gasteiger partial charge in [0.05, 0.1) is 16.8 Å². The second-order valence-electron chi connectivity index (χ2n) is 4.21. The molecule has 0 bridgehead atoms. The van der Waals surface area contributed by atoms with Crippen molar-refractivity contribution in [1.29, 1.82) is 0 Å². The minimum Gasteiger partial charge on any atom is -0.338 e. The molecule has 2 unspecified atom stereocenters. The van der Waals surface area contributed by atoms with E-state index in [1.807, 2.05) is 37.8 Å². The number of nitrogens with two attached hydrogens (primary N) is 1. The van der Waals surface area contributed by atoms with Crippen LogP contribution in [0.4, 0.5) is 0 Å². The van der Waals surface area contributed by atoms with E-state index in [9.17, 15) is 4.79 Å². The topological polar surface area (TPSA) is 46.3 Å². The molecule has 0 saturated heterocycles.